The second-order valence-electron chi connectivity index (χ2n) is 6.70. The van der Waals surface area contributed by atoms with Crippen molar-refractivity contribution in [2.75, 3.05) is 0 Å². The fourth-order valence-electron chi connectivity index (χ4n) is 3.62. The minimum atomic E-state index is -4.42. The first kappa shape index (κ1) is 18.7. The normalized spacial score (nSPS) is 16.8. The summed E-state index contributed by atoms with van der Waals surface area (Å²) in [5.41, 5.74) is 1.19. The maximum Gasteiger partial charge on any atom is 0.416 e. The molecule has 6 nitrogen and oxygen atoms in total. The van der Waals surface area contributed by atoms with Crippen LogP contribution >= 0.6 is 11.6 Å². The van der Waals surface area contributed by atoms with Crippen molar-refractivity contribution in [3.63, 3.8) is 0 Å². The Labute approximate surface area is 162 Å². The molecule has 4 rings (SSSR count). The third kappa shape index (κ3) is 3.42. The second kappa shape index (κ2) is 7.05. The molecule has 146 valence electrons. The fraction of sp³-hybridized carbons (Fsp3) is 0.333. The third-order valence-electron chi connectivity index (χ3n) is 4.99. The molecule has 0 saturated carbocycles. The van der Waals surface area contributed by atoms with Gasteiger partial charge in [-0.25, -0.2) is 9.78 Å². The number of alkyl halides is 3. The Hall–Kier alpha value is -2.68. The summed E-state index contributed by atoms with van der Waals surface area (Å²) < 4.78 is 41.2. The number of rotatable bonds is 3. The van der Waals surface area contributed by atoms with Gasteiger partial charge in [0, 0.05) is 6.42 Å². The quantitative estimate of drug-likeness (QED) is 0.719. The van der Waals surface area contributed by atoms with E-state index >= 15 is 0 Å². The molecular weight excluding hydrogens is 395 g/mol. The van der Waals surface area contributed by atoms with Crippen LogP contribution in [0.15, 0.2) is 35.3 Å². The summed E-state index contributed by atoms with van der Waals surface area (Å²) >= 11 is 6.09. The van der Waals surface area contributed by atoms with E-state index in [0.29, 0.717) is 30.5 Å². The molecular formula is C18H15ClF3N5O. The van der Waals surface area contributed by atoms with E-state index in [1.165, 1.54) is 23.0 Å². The van der Waals surface area contributed by atoms with E-state index in [2.05, 4.69) is 20.5 Å². The molecule has 0 fully saturated rings. The maximum absolute atomic E-state index is 13.2. The minimum absolute atomic E-state index is 0.00397. The number of fused-ring (bicyclic) bond motifs is 1. The van der Waals surface area contributed by atoms with Crippen molar-refractivity contribution in [1.29, 1.82) is 0 Å². The molecule has 0 bridgehead atoms. The van der Waals surface area contributed by atoms with Crippen LogP contribution in [0.2, 0.25) is 5.02 Å². The zero-order valence-corrected chi connectivity index (χ0v) is 15.3. The van der Waals surface area contributed by atoms with Crippen LogP contribution in [-0.2, 0) is 25.6 Å². The number of nitrogens with zero attached hydrogens (tertiary/aromatic N) is 4. The molecule has 1 aliphatic carbocycles. The average Bonchev–Trinajstić information content (AvgIpc) is 3.06. The molecule has 1 aliphatic rings. The molecule has 3 aromatic rings. The number of hydrogen-bond acceptors (Lipinski definition) is 4. The summed E-state index contributed by atoms with van der Waals surface area (Å²) in [7, 11) is 0. The first-order chi connectivity index (χ1) is 13.3. The zero-order chi connectivity index (χ0) is 19.9. The van der Waals surface area contributed by atoms with Gasteiger partial charge in [0.05, 0.1) is 29.7 Å². The Balaban J connectivity index is 1.61. The molecule has 0 aliphatic heterocycles. The van der Waals surface area contributed by atoms with E-state index in [0.717, 1.165) is 11.8 Å². The van der Waals surface area contributed by atoms with Crippen LogP contribution in [0.3, 0.4) is 0 Å². The van der Waals surface area contributed by atoms with Gasteiger partial charge in [-0.05, 0) is 36.0 Å². The average molecular weight is 410 g/mol. The standard InChI is InChI=1S/C18H15ClF3N5O/c19-16-12(8-23-25-17(16)28)10-5-6-15-14(7-10)24-26-27(15)9-11-3-1-2-4-13(11)18(20,21)22/h1-4,8,10H,5-7,9H2,(H,25,28). The smallest absolute Gasteiger partial charge is 0.266 e. The van der Waals surface area contributed by atoms with Gasteiger partial charge in [-0.15, -0.1) is 5.10 Å². The van der Waals surface area contributed by atoms with E-state index in [9.17, 15) is 18.0 Å². The number of benzene rings is 1. The van der Waals surface area contributed by atoms with Crippen LogP contribution in [0.25, 0.3) is 0 Å². The van der Waals surface area contributed by atoms with Crippen molar-refractivity contribution < 1.29 is 13.2 Å². The van der Waals surface area contributed by atoms with Crippen molar-refractivity contribution in [2.24, 2.45) is 0 Å². The third-order valence-corrected chi connectivity index (χ3v) is 5.38. The fourth-order valence-corrected chi connectivity index (χ4v) is 3.86. The summed E-state index contributed by atoms with van der Waals surface area (Å²) in [6, 6.07) is 5.46. The van der Waals surface area contributed by atoms with Gasteiger partial charge in [-0.2, -0.15) is 18.3 Å². The predicted octanol–water partition coefficient (Wildman–Crippen LogP) is 3.35. The van der Waals surface area contributed by atoms with Gasteiger partial charge in [-0.1, -0.05) is 35.0 Å². The summed E-state index contributed by atoms with van der Waals surface area (Å²) in [6.07, 6.45) is -1.15. The molecule has 28 heavy (non-hydrogen) atoms. The Kier molecular flexibility index (Phi) is 4.70. The van der Waals surface area contributed by atoms with E-state index in [4.69, 9.17) is 11.6 Å². The maximum atomic E-state index is 13.2. The van der Waals surface area contributed by atoms with Crippen LogP contribution in [0.4, 0.5) is 13.2 Å². The predicted molar refractivity (Wildman–Crippen MR) is 95.2 cm³/mol. The molecule has 0 amide bonds. The lowest BCUT2D eigenvalue weighted by molar-refractivity contribution is -0.138. The highest BCUT2D eigenvalue weighted by Crippen LogP contribution is 2.35. The van der Waals surface area contributed by atoms with Gasteiger partial charge in [0.1, 0.15) is 5.02 Å². The second-order valence-corrected chi connectivity index (χ2v) is 7.08. The Morgan fingerprint density at radius 2 is 2.07 bits per heavy atom. The first-order valence-corrected chi connectivity index (χ1v) is 9.02. The van der Waals surface area contributed by atoms with Gasteiger partial charge < -0.3 is 0 Å². The van der Waals surface area contributed by atoms with E-state index in [1.54, 1.807) is 6.07 Å². The van der Waals surface area contributed by atoms with Gasteiger partial charge in [0.2, 0.25) is 0 Å². The highest BCUT2D eigenvalue weighted by atomic mass is 35.5. The SMILES string of the molecule is O=c1[nH]ncc(C2CCc3c(nnn3Cc3ccccc3C(F)(F)F)C2)c1Cl. The van der Waals surface area contributed by atoms with Crippen LogP contribution < -0.4 is 5.56 Å². The number of aromatic amines is 1. The van der Waals surface area contributed by atoms with Crippen LogP contribution in [0.1, 0.15) is 40.4 Å². The summed E-state index contributed by atoms with van der Waals surface area (Å²) in [5.74, 6) is -0.0394. The Morgan fingerprint density at radius 1 is 1.29 bits per heavy atom. The van der Waals surface area contributed by atoms with Crippen LogP contribution in [0, 0.1) is 0 Å². The molecule has 1 atom stereocenters. The van der Waals surface area contributed by atoms with Crippen molar-refractivity contribution >= 4 is 11.6 Å². The number of H-pyrrole nitrogens is 1. The summed E-state index contributed by atoms with van der Waals surface area (Å²) in [5, 5.41) is 14.4. The molecule has 0 spiro atoms. The molecule has 1 aromatic carbocycles. The van der Waals surface area contributed by atoms with Gasteiger partial charge in [-0.3, -0.25) is 4.79 Å². The van der Waals surface area contributed by atoms with E-state index < -0.39 is 17.3 Å². The highest BCUT2D eigenvalue weighted by molar-refractivity contribution is 6.31. The van der Waals surface area contributed by atoms with Gasteiger partial charge in [0.25, 0.3) is 5.56 Å². The van der Waals surface area contributed by atoms with Crippen molar-refractivity contribution in [2.45, 2.75) is 37.9 Å². The zero-order valence-electron chi connectivity index (χ0n) is 14.5. The molecule has 1 unspecified atom stereocenters. The van der Waals surface area contributed by atoms with Crippen LogP contribution in [-0.4, -0.2) is 25.2 Å². The summed E-state index contributed by atoms with van der Waals surface area (Å²) in [6.45, 7) is -0.00397. The van der Waals surface area contributed by atoms with Gasteiger partial charge >= 0.3 is 6.18 Å². The summed E-state index contributed by atoms with van der Waals surface area (Å²) in [4.78, 5) is 11.7. The molecule has 0 saturated heterocycles. The highest BCUT2D eigenvalue weighted by Gasteiger charge is 2.33. The lowest BCUT2D eigenvalue weighted by Gasteiger charge is -2.22. The first-order valence-electron chi connectivity index (χ1n) is 8.64. The van der Waals surface area contributed by atoms with Crippen LogP contribution in [0.5, 0.6) is 0 Å². The Morgan fingerprint density at radius 3 is 2.86 bits per heavy atom. The number of aromatic nitrogens is 5. The monoisotopic (exact) mass is 409 g/mol. The molecule has 1 N–H and O–H groups in total. The number of halogens is 4. The van der Waals surface area contributed by atoms with E-state index in [-0.39, 0.29) is 23.0 Å². The minimum Gasteiger partial charge on any atom is -0.266 e. The topological polar surface area (TPSA) is 76.5 Å². The lowest BCUT2D eigenvalue weighted by atomic mass is 9.85. The Bertz CT molecular complexity index is 1080. The number of nitrogens with one attached hydrogen (secondary N) is 1. The number of hydrogen-bond donors (Lipinski definition) is 1. The largest absolute Gasteiger partial charge is 0.416 e. The van der Waals surface area contributed by atoms with Crippen molar-refractivity contribution in [3.05, 3.63) is 73.9 Å². The molecule has 2 aromatic heterocycles. The molecule has 2 heterocycles. The van der Waals surface area contributed by atoms with Crippen molar-refractivity contribution in [3.8, 4) is 0 Å². The molecule has 0 radical (unpaired) electrons. The van der Waals surface area contributed by atoms with Gasteiger partial charge in [0.15, 0.2) is 0 Å². The van der Waals surface area contributed by atoms with E-state index in [1.807, 2.05) is 0 Å². The molecule has 10 heteroatoms. The van der Waals surface area contributed by atoms with Crippen molar-refractivity contribution in [1.82, 2.24) is 25.2 Å². The lowest BCUT2D eigenvalue weighted by Crippen LogP contribution is -2.20.